The van der Waals surface area contributed by atoms with E-state index in [4.69, 9.17) is 10.4 Å². The van der Waals surface area contributed by atoms with Crippen molar-refractivity contribution in [3.05, 3.63) is 65.2 Å². The molecule has 0 aliphatic carbocycles. The molecule has 3 aromatic rings. The highest BCUT2D eigenvalue weighted by Gasteiger charge is 2.32. The average Bonchev–Trinajstić information content (AvgIpc) is 3.10. The van der Waals surface area contributed by atoms with E-state index in [0.29, 0.717) is 11.4 Å². The van der Waals surface area contributed by atoms with Crippen LogP contribution in [0.1, 0.15) is 37.7 Å². The van der Waals surface area contributed by atoms with Crippen molar-refractivity contribution in [2.24, 2.45) is 7.05 Å². The second kappa shape index (κ2) is 6.23. The number of hydrogen-bond acceptors (Lipinski definition) is 3. The first-order valence-corrected chi connectivity index (χ1v) is 9.49. The summed E-state index contributed by atoms with van der Waals surface area (Å²) in [6, 6.07) is 14.3. The third kappa shape index (κ3) is 2.87. The Hall–Kier alpha value is -3.08. The lowest BCUT2D eigenvalue weighted by Crippen LogP contribution is -2.26. The van der Waals surface area contributed by atoms with Gasteiger partial charge in [-0.15, -0.1) is 0 Å². The average molecular weight is 374 g/mol. The third-order valence-electron chi connectivity index (χ3n) is 5.41. The van der Waals surface area contributed by atoms with Gasteiger partial charge >= 0.3 is 0 Å². The molecular formula is C23H26N4O. The summed E-state index contributed by atoms with van der Waals surface area (Å²) in [6.07, 6.45) is 0. The Kier molecular flexibility index (Phi) is 4.07. The molecule has 0 saturated carbocycles. The number of hydrogen-bond donors (Lipinski definition) is 2. The highest BCUT2D eigenvalue weighted by atomic mass is 16.3. The maximum atomic E-state index is 10.7. The number of aliphatic hydroxyl groups is 1. The van der Waals surface area contributed by atoms with Crippen LogP contribution in [0, 0.1) is 12.3 Å². The number of amidine groups is 1. The van der Waals surface area contributed by atoms with Crippen LogP contribution < -0.4 is 4.90 Å². The van der Waals surface area contributed by atoms with Crippen molar-refractivity contribution < 1.29 is 5.11 Å². The van der Waals surface area contributed by atoms with Gasteiger partial charge in [-0.05, 0) is 47.7 Å². The van der Waals surface area contributed by atoms with Crippen LogP contribution in [0.3, 0.4) is 0 Å². The maximum Gasteiger partial charge on any atom is 0.148 e. The van der Waals surface area contributed by atoms with Crippen LogP contribution in [0.15, 0.2) is 48.2 Å². The van der Waals surface area contributed by atoms with E-state index < -0.39 is 0 Å². The summed E-state index contributed by atoms with van der Waals surface area (Å²) in [4.78, 5) is 6.53. The first-order chi connectivity index (χ1) is 13.2. The summed E-state index contributed by atoms with van der Waals surface area (Å²) in [5.74, 6) is 1.08. The van der Waals surface area contributed by atoms with E-state index in [1.54, 1.807) is 0 Å². The molecule has 0 radical (unpaired) electrons. The number of nitrogens with one attached hydrogen (secondary N) is 1. The zero-order valence-corrected chi connectivity index (χ0v) is 17.0. The largest absolute Gasteiger partial charge is 0.509 e. The van der Waals surface area contributed by atoms with E-state index in [-0.39, 0.29) is 23.6 Å². The quantitative estimate of drug-likeness (QED) is 0.667. The van der Waals surface area contributed by atoms with E-state index in [9.17, 15) is 5.11 Å². The highest BCUT2D eigenvalue weighted by molar-refractivity contribution is 6.30. The number of fused-ring (bicyclic) bond motifs is 1. The van der Waals surface area contributed by atoms with E-state index in [1.807, 2.05) is 53.8 Å². The lowest BCUT2D eigenvalue weighted by atomic mass is 9.87. The van der Waals surface area contributed by atoms with Crippen LogP contribution in [-0.4, -0.2) is 27.0 Å². The molecule has 0 fully saturated rings. The number of anilines is 1. The van der Waals surface area contributed by atoms with Gasteiger partial charge in [-0.3, -0.25) is 5.41 Å². The Morgan fingerprint density at radius 1 is 1.07 bits per heavy atom. The summed E-state index contributed by atoms with van der Waals surface area (Å²) >= 11 is 0. The first-order valence-electron chi connectivity index (χ1n) is 9.49. The second-order valence-electron chi connectivity index (χ2n) is 8.54. The van der Waals surface area contributed by atoms with Gasteiger partial charge in [-0.2, -0.15) is 0 Å². The molecule has 2 heterocycles. The molecule has 0 saturated heterocycles. The number of aromatic nitrogens is 2. The zero-order valence-electron chi connectivity index (χ0n) is 17.0. The molecule has 1 aromatic heterocycles. The van der Waals surface area contributed by atoms with Crippen molar-refractivity contribution >= 4 is 28.1 Å². The Balaban J connectivity index is 1.70. The molecule has 0 unspecified atom stereocenters. The smallest absolute Gasteiger partial charge is 0.148 e. The molecule has 1 aliphatic heterocycles. The second-order valence-corrected chi connectivity index (χ2v) is 8.54. The minimum atomic E-state index is 0.0772. The summed E-state index contributed by atoms with van der Waals surface area (Å²) in [7, 11) is 1.92. The van der Waals surface area contributed by atoms with Crippen molar-refractivity contribution in [1.29, 1.82) is 5.41 Å². The van der Waals surface area contributed by atoms with Crippen molar-refractivity contribution in [1.82, 2.24) is 9.55 Å². The van der Waals surface area contributed by atoms with E-state index in [1.165, 1.54) is 5.56 Å². The predicted octanol–water partition coefficient (Wildman–Crippen LogP) is 4.95. The Morgan fingerprint density at radius 3 is 2.39 bits per heavy atom. The van der Waals surface area contributed by atoms with Gasteiger partial charge in [0.25, 0.3) is 0 Å². The Morgan fingerprint density at radius 2 is 1.75 bits per heavy atom. The molecule has 5 heteroatoms. The fourth-order valence-electron chi connectivity index (χ4n) is 3.71. The molecule has 0 amide bonds. The minimum Gasteiger partial charge on any atom is -0.509 e. The van der Waals surface area contributed by atoms with Gasteiger partial charge in [0.15, 0.2) is 0 Å². The Labute approximate surface area is 165 Å². The monoisotopic (exact) mass is 374 g/mol. The molecule has 2 aromatic carbocycles. The number of rotatable bonds is 2. The number of imidazole rings is 1. The zero-order chi connectivity index (χ0) is 20.2. The molecular weight excluding hydrogens is 348 g/mol. The SMILES string of the molecule is Cc1ccc2c(c1)nc(C1=C(O)CN(c3ccc(C(C)(C)C)cc3)C1=N)n2C. The van der Waals surface area contributed by atoms with Gasteiger partial charge in [0.2, 0.25) is 0 Å². The number of aliphatic hydroxyl groups excluding tert-OH is 1. The van der Waals surface area contributed by atoms with E-state index in [0.717, 1.165) is 22.3 Å². The van der Waals surface area contributed by atoms with Crippen molar-refractivity contribution in [2.75, 3.05) is 11.4 Å². The predicted molar refractivity (Wildman–Crippen MR) is 115 cm³/mol. The van der Waals surface area contributed by atoms with Gasteiger partial charge in [0.05, 0.1) is 23.2 Å². The topological polar surface area (TPSA) is 65.1 Å². The molecule has 0 spiro atoms. The van der Waals surface area contributed by atoms with Crippen molar-refractivity contribution in [3.63, 3.8) is 0 Å². The molecule has 5 nitrogen and oxygen atoms in total. The number of aryl methyl sites for hydroxylation is 2. The molecule has 4 rings (SSSR count). The molecule has 28 heavy (non-hydrogen) atoms. The molecule has 2 N–H and O–H groups in total. The first kappa shape index (κ1) is 18.3. The molecule has 144 valence electrons. The van der Waals surface area contributed by atoms with Crippen LogP contribution >= 0.6 is 0 Å². The van der Waals surface area contributed by atoms with Crippen molar-refractivity contribution in [2.45, 2.75) is 33.1 Å². The number of benzene rings is 2. The van der Waals surface area contributed by atoms with E-state index >= 15 is 0 Å². The summed E-state index contributed by atoms with van der Waals surface area (Å²) in [5, 5.41) is 19.4. The lowest BCUT2D eigenvalue weighted by molar-refractivity contribution is 0.411. The van der Waals surface area contributed by atoms with Gasteiger partial charge in [0.1, 0.15) is 17.4 Å². The fraction of sp³-hybridized carbons (Fsp3) is 0.304. The lowest BCUT2D eigenvalue weighted by Gasteiger charge is -2.22. The summed E-state index contributed by atoms with van der Waals surface area (Å²) in [6.45, 7) is 8.85. The normalized spacial score (nSPS) is 15.2. The van der Waals surface area contributed by atoms with Gasteiger partial charge in [0, 0.05) is 12.7 Å². The Bertz CT molecular complexity index is 1110. The van der Waals surface area contributed by atoms with Crippen molar-refractivity contribution in [3.8, 4) is 0 Å². The van der Waals surface area contributed by atoms with Crippen LogP contribution in [0.4, 0.5) is 5.69 Å². The minimum absolute atomic E-state index is 0.0772. The summed E-state index contributed by atoms with van der Waals surface area (Å²) < 4.78 is 1.95. The van der Waals surface area contributed by atoms with Crippen LogP contribution in [0.25, 0.3) is 16.6 Å². The molecule has 0 bridgehead atoms. The van der Waals surface area contributed by atoms with E-state index in [2.05, 4.69) is 32.9 Å². The highest BCUT2D eigenvalue weighted by Crippen LogP contribution is 2.33. The van der Waals surface area contributed by atoms with Crippen LogP contribution in [0.5, 0.6) is 0 Å². The molecule has 1 aliphatic rings. The van der Waals surface area contributed by atoms with Gasteiger partial charge in [-0.1, -0.05) is 39.0 Å². The van der Waals surface area contributed by atoms with Gasteiger partial charge in [-0.25, -0.2) is 4.98 Å². The summed E-state index contributed by atoms with van der Waals surface area (Å²) in [5.41, 5.74) is 5.71. The van der Waals surface area contributed by atoms with Gasteiger partial charge < -0.3 is 14.6 Å². The molecule has 0 atom stereocenters. The van der Waals surface area contributed by atoms with Crippen LogP contribution in [-0.2, 0) is 12.5 Å². The third-order valence-corrected chi connectivity index (χ3v) is 5.41. The van der Waals surface area contributed by atoms with Crippen LogP contribution in [0.2, 0.25) is 0 Å². The fourth-order valence-corrected chi connectivity index (χ4v) is 3.71. The standard InChI is InChI=1S/C23H26N4O/c1-14-6-11-18-17(12-14)25-22(26(18)5)20-19(28)13-27(21(20)24)16-9-7-15(8-10-16)23(2,3)4/h6-12,24,28H,13H2,1-5H3. The number of nitrogens with zero attached hydrogens (tertiary/aromatic N) is 3. The maximum absolute atomic E-state index is 10.7.